The monoisotopic (exact) mass is 489 g/mol. The van der Waals surface area contributed by atoms with Crippen LogP contribution in [0.5, 0.6) is 5.75 Å². The van der Waals surface area contributed by atoms with Crippen molar-refractivity contribution in [3.05, 3.63) is 29.8 Å². The summed E-state index contributed by atoms with van der Waals surface area (Å²) in [7, 11) is 1.69. The zero-order valence-corrected chi connectivity index (χ0v) is 22.0. The van der Waals surface area contributed by atoms with Crippen molar-refractivity contribution in [3.63, 3.8) is 0 Å². The third-order valence-corrected chi connectivity index (χ3v) is 6.86. The van der Waals surface area contributed by atoms with Gasteiger partial charge in [0.25, 0.3) is 0 Å². The summed E-state index contributed by atoms with van der Waals surface area (Å²) in [4.78, 5) is 38.3. The molecule has 0 bridgehead atoms. The molecule has 8 heteroatoms. The predicted octanol–water partition coefficient (Wildman–Crippen LogP) is 2.32. The minimum Gasteiger partial charge on any atom is -0.489 e. The second-order valence-electron chi connectivity index (χ2n) is 9.92. The molecule has 1 fully saturated rings. The molecular weight excluding hydrogens is 446 g/mol. The SMILES string of the molecule is CC(=O)[C@@H](C)N(C)C(=O)[C@@H](NC[C@@H](C)Oc1ccccc1CCCNC(=O)[C@H](C)C(C)O)C1CC1. The largest absolute Gasteiger partial charge is 0.489 e. The van der Waals surface area contributed by atoms with E-state index in [2.05, 4.69) is 10.6 Å². The van der Waals surface area contributed by atoms with Crippen LogP contribution in [0.15, 0.2) is 24.3 Å². The van der Waals surface area contributed by atoms with E-state index in [1.54, 1.807) is 32.7 Å². The molecule has 1 saturated carbocycles. The van der Waals surface area contributed by atoms with Crippen molar-refractivity contribution in [1.29, 1.82) is 0 Å². The molecule has 2 amide bonds. The molecule has 0 heterocycles. The molecule has 1 aromatic rings. The maximum Gasteiger partial charge on any atom is 0.240 e. The Morgan fingerprint density at radius 3 is 2.40 bits per heavy atom. The summed E-state index contributed by atoms with van der Waals surface area (Å²) in [6.07, 6.45) is 2.69. The molecule has 1 unspecified atom stereocenters. The number of likely N-dealkylation sites (N-methyl/N-ethyl adjacent to an activating group) is 1. The van der Waals surface area contributed by atoms with Crippen LogP contribution < -0.4 is 15.4 Å². The lowest BCUT2D eigenvalue weighted by molar-refractivity contribution is -0.139. The Hall–Kier alpha value is -2.45. The van der Waals surface area contributed by atoms with Crippen molar-refractivity contribution in [2.24, 2.45) is 11.8 Å². The van der Waals surface area contributed by atoms with E-state index in [9.17, 15) is 19.5 Å². The van der Waals surface area contributed by atoms with Crippen molar-refractivity contribution in [2.75, 3.05) is 20.1 Å². The molecule has 5 atom stereocenters. The number of carbonyl (C=O) groups is 3. The summed E-state index contributed by atoms with van der Waals surface area (Å²) in [5.41, 5.74) is 1.06. The third kappa shape index (κ3) is 8.93. The summed E-state index contributed by atoms with van der Waals surface area (Å²) in [5.74, 6) is 0.441. The van der Waals surface area contributed by atoms with Gasteiger partial charge in [0.1, 0.15) is 11.9 Å². The zero-order chi connectivity index (χ0) is 26.1. The molecule has 3 N–H and O–H groups in total. The third-order valence-electron chi connectivity index (χ3n) is 6.86. The van der Waals surface area contributed by atoms with Gasteiger partial charge in [0.2, 0.25) is 11.8 Å². The van der Waals surface area contributed by atoms with Crippen LogP contribution in [-0.2, 0) is 20.8 Å². The number of ether oxygens (including phenoxy) is 1. The number of carbonyl (C=O) groups excluding carboxylic acids is 3. The number of nitrogens with zero attached hydrogens (tertiary/aromatic N) is 1. The molecule has 0 aliphatic heterocycles. The highest BCUT2D eigenvalue weighted by atomic mass is 16.5. The summed E-state index contributed by atoms with van der Waals surface area (Å²) < 4.78 is 6.21. The number of amides is 2. The molecular formula is C27H43N3O5. The number of aliphatic hydroxyl groups excluding tert-OH is 1. The molecule has 0 aromatic heterocycles. The number of nitrogens with one attached hydrogen (secondary N) is 2. The standard InChI is InChI=1S/C27H43N3O5/c1-17(16-29-25(23-13-14-23)27(34)30(6)19(3)21(5)32)35-24-12-8-7-10-22(24)11-9-15-28-26(33)18(2)20(4)31/h7-8,10,12,17-20,23,25,29,31H,9,11,13-16H2,1-6H3,(H,28,33)/t17-,18-,19-,20?,25+/m1/s1. The van der Waals surface area contributed by atoms with E-state index in [0.29, 0.717) is 19.0 Å². The maximum atomic E-state index is 13.0. The second-order valence-corrected chi connectivity index (χ2v) is 9.92. The van der Waals surface area contributed by atoms with Gasteiger partial charge in [-0.25, -0.2) is 0 Å². The van der Waals surface area contributed by atoms with Crippen LogP contribution in [0.4, 0.5) is 0 Å². The van der Waals surface area contributed by atoms with E-state index in [-0.39, 0.29) is 29.7 Å². The summed E-state index contributed by atoms with van der Waals surface area (Å²) >= 11 is 0. The fraction of sp³-hybridized carbons (Fsp3) is 0.667. The first-order chi connectivity index (χ1) is 16.5. The zero-order valence-electron chi connectivity index (χ0n) is 22.0. The van der Waals surface area contributed by atoms with Gasteiger partial charge in [0.05, 0.1) is 24.1 Å². The maximum absolute atomic E-state index is 13.0. The number of hydrogen-bond acceptors (Lipinski definition) is 6. The van der Waals surface area contributed by atoms with Crippen molar-refractivity contribution < 1.29 is 24.2 Å². The Morgan fingerprint density at radius 1 is 1.14 bits per heavy atom. The van der Waals surface area contributed by atoms with E-state index < -0.39 is 18.1 Å². The molecule has 1 aliphatic carbocycles. The lowest BCUT2D eigenvalue weighted by atomic mass is 10.1. The van der Waals surface area contributed by atoms with Crippen LogP contribution in [0.2, 0.25) is 0 Å². The van der Waals surface area contributed by atoms with Crippen LogP contribution in [0.25, 0.3) is 0 Å². The predicted molar refractivity (Wildman–Crippen MR) is 136 cm³/mol. The summed E-state index contributed by atoms with van der Waals surface area (Å²) in [6, 6.07) is 7.10. The van der Waals surface area contributed by atoms with Gasteiger partial charge < -0.3 is 25.4 Å². The van der Waals surface area contributed by atoms with Crippen LogP contribution in [0, 0.1) is 11.8 Å². The van der Waals surface area contributed by atoms with E-state index in [0.717, 1.165) is 37.0 Å². The highest BCUT2D eigenvalue weighted by Gasteiger charge is 2.38. The lowest BCUT2D eigenvalue weighted by Gasteiger charge is -2.29. The van der Waals surface area contributed by atoms with Gasteiger partial charge in [-0.2, -0.15) is 0 Å². The van der Waals surface area contributed by atoms with Gasteiger partial charge >= 0.3 is 0 Å². The van der Waals surface area contributed by atoms with Gasteiger partial charge in [-0.3, -0.25) is 14.4 Å². The van der Waals surface area contributed by atoms with Gasteiger partial charge in [0.15, 0.2) is 5.78 Å². The van der Waals surface area contributed by atoms with Crippen molar-refractivity contribution in [2.45, 2.75) is 84.6 Å². The average Bonchev–Trinajstić information content (AvgIpc) is 3.66. The first kappa shape index (κ1) is 28.8. The first-order valence-electron chi connectivity index (χ1n) is 12.7. The topological polar surface area (TPSA) is 108 Å². The molecule has 1 aliphatic rings. The smallest absolute Gasteiger partial charge is 0.240 e. The number of hydrogen-bond donors (Lipinski definition) is 3. The number of aliphatic hydroxyl groups is 1. The molecule has 2 rings (SSSR count). The molecule has 35 heavy (non-hydrogen) atoms. The van der Waals surface area contributed by atoms with Gasteiger partial charge in [0, 0.05) is 20.1 Å². The minimum absolute atomic E-state index is 0.0271. The number of ketones is 1. The molecule has 0 saturated heterocycles. The molecule has 0 spiro atoms. The highest BCUT2D eigenvalue weighted by molar-refractivity contribution is 5.89. The van der Waals surface area contributed by atoms with Crippen LogP contribution >= 0.6 is 0 Å². The number of Topliss-reactive ketones (excluding diaryl/α,β-unsaturated/α-hetero) is 1. The van der Waals surface area contributed by atoms with Crippen molar-refractivity contribution in [1.82, 2.24) is 15.5 Å². The Kier molecular flexibility index (Phi) is 11.2. The second kappa shape index (κ2) is 13.6. The molecule has 8 nitrogen and oxygen atoms in total. The first-order valence-corrected chi connectivity index (χ1v) is 12.7. The fourth-order valence-corrected chi connectivity index (χ4v) is 3.82. The van der Waals surface area contributed by atoms with Crippen LogP contribution in [-0.4, -0.2) is 72.0 Å². The number of para-hydroxylation sites is 1. The Balaban J connectivity index is 1.87. The summed E-state index contributed by atoms with van der Waals surface area (Å²) in [6.45, 7) is 9.59. The molecule has 1 aromatic carbocycles. The van der Waals surface area contributed by atoms with Crippen LogP contribution in [0.3, 0.4) is 0 Å². The van der Waals surface area contributed by atoms with E-state index >= 15 is 0 Å². The summed E-state index contributed by atoms with van der Waals surface area (Å²) in [5, 5.41) is 15.8. The number of aryl methyl sites for hydroxylation is 1. The fourth-order valence-electron chi connectivity index (χ4n) is 3.82. The Morgan fingerprint density at radius 2 is 1.80 bits per heavy atom. The number of rotatable bonds is 15. The lowest BCUT2D eigenvalue weighted by Crippen LogP contribution is -2.52. The number of benzene rings is 1. The van der Waals surface area contributed by atoms with Crippen LogP contribution in [0.1, 0.15) is 59.4 Å². The molecule has 196 valence electrons. The van der Waals surface area contributed by atoms with Crippen molar-refractivity contribution >= 4 is 17.6 Å². The normalized spacial score (nSPS) is 17.6. The van der Waals surface area contributed by atoms with E-state index in [1.807, 2.05) is 31.2 Å². The Labute approximate surface area is 209 Å². The molecule has 0 radical (unpaired) electrons. The average molecular weight is 490 g/mol. The van der Waals surface area contributed by atoms with E-state index in [4.69, 9.17) is 4.74 Å². The van der Waals surface area contributed by atoms with E-state index in [1.165, 1.54) is 6.92 Å². The van der Waals surface area contributed by atoms with Crippen molar-refractivity contribution in [3.8, 4) is 5.75 Å². The Bertz CT molecular complexity index is 855. The minimum atomic E-state index is -0.674. The quantitative estimate of drug-likeness (QED) is 0.327. The van der Waals surface area contributed by atoms with Gasteiger partial charge in [-0.05, 0) is 70.9 Å². The van der Waals surface area contributed by atoms with Gasteiger partial charge in [-0.15, -0.1) is 0 Å². The highest BCUT2D eigenvalue weighted by Crippen LogP contribution is 2.33. The van der Waals surface area contributed by atoms with Gasteiger partial charge in [-0.1, -0.05) is 25.1 Å².